The summed E-state index contributed by atoms with van der Waals surface area (Å²) in [5.74, 6) is -0.874. The lowest BCUT2D eigenvalue weighted by Crippen LogP contribution is -2.30. The van der Waals surface area contributed by atoms with Crippen molar-refractivity contribution < 1.29 is 28.6 Å². The number of esters is 3. The Morgan fingerprint density at radius 1 is 0.269 bits per heavy atom. The number of carbonyl (C=O) groups is 3. The van der Waals surface area contributed by atoms with Gasteiger partial charge in [0.1, 0.15) is 13.2 Å². The SMILES string of the molecule is CC/C=C\C/C=C\C/C=C\C/C=C\CCCCCCCCCCC(=O)OC(COC(=O)CCCCCCCCCCCC/C=C\C/C=C\C/C=C\CCCCCCC)COC(=O)CCCCCCCCCCCCCCCC. The molecular weight excluding hydrogens is 961 g/mol. The lowest BCUT2D eigenvalue weighted by molar-refractivity contribution is -0.167. The van der Waals surface area contributed by atoms with Gasteiger partial charge < -0.3 is 14.2 Å². The van der Waals surface area contributed by atoms with Crippen molar-refractivity contribution in [3.63, 3.8) is 0 Å². The second-order valence-electron chi connectivity index (χ2n) is 22.4. The highest BCUT2D eigenvalue weighted by atomic mass is 16.6. The number of hydrogen-bond acceptors (Lipinski definition) is 6. The Morgan fingerprint density at radius 3 is 0.782 bits per heavy atom. The van der Waals surface area contributed by atoms with Gasteiger partial charge in [0, 0.05) is 19.3 Å². The van der Waals surface area contributed by atoms with Crippen molar-refractivity contribution in [2.24, 2.45) is 0 Å². The molecular formula is C72H126O6. The van der Waals surface area contributed by atoms with Crippen molar-refractivity contribution in [2.75, 3.05) is 13.2 Å². The third-order valence-electron chi connectivity index (χ3n) is 14.6. The molecule has 0 rings (SSSR count). The minimum Gasteiger partial charge on any atom is -0.462 e. The molecule has 0 aliphatic heterocycles. The van der Waals surface area contributed by atoms with E-state index in [0.29, 0.717) is 19.3 Å². The quantitative estimate of drug-likeness (QED) is 0.0261. The molecule has 0 heterocycles. The second-order valence-corrected chi connectivity index (χ2v) is 22.4. The molecule has 0 fully saturated rings. The molecule has 450 valence electrons. The smallest absolute Gasteiger partial charge is 0.306 e. The number of carbonyl (C=O) groups excluding carboxylic acids is 3. The number of unbranched alkanes of at least 4 members (excludes halogenated alkanes) is 36. The Balaban J connectivity index is 4.34. The first-order chi connectivity index (χ1) is 38.5. The van der Waals surface area contributed by atoms with E-state index in [0.717, 1.165) is 103 Å². The van der Waals surface area contributed by atoms with E-state index in [9.17, 15) is 14.4 Å². The molecule has 0 radical (unpaired) electrons. The Labute approximate surface area is 484 Å². The summed E-state index contributed by atoms with van der Waals surface area (Å²) in [5.41, 5.74) is 0. The molecule has 0 amide bonds. The molecule has 1 atom stereocenters. The van der Waals surface area contributed by atoms with E-state index in [1.807, 2.05) is 0 Å². The van der Waals surface area contributed by atoms with E-state index < -0.39 is 6.10 Å². The summed E-state index contributed by atoms with van der Waals surface area (Å²) in [6, 6.07) is 0. The molecule has 6 nitrogen and oxygen atoms in total. The van der Waals surface area contributed by atoms with E-state index in [1.54, 1.807) is 0 Å². The highest BCUT2D eigenvalue weighted by Crippen LogP contribution is 2.17. The van der Waals surface area contributed by atoms with E-state index in [-0.39, 0.29) is 31.1 Å². The Kier molecular flexibility index (Phi) is 63.2. The Hall–Kier alpha value is -3.41. The maximum Gasteiger partial charge on any atom is 0.306 e. The van der Waals surface area contributed by atoms with Crippen LogP contribution >= 0.6 is 0 Å². The molecule has 0 N–H and O–H groups in total. The summed E-state index contributed by atoms with van der Waals surface area (Å²) in [5, 5.41) is 0. The van der Waals surface area contributed by atoms with E-state index in [1.165, 1.54) is 193 Å². The average Bonchev–Trinajstić information content (AvgIpc) is 3.44. The van der Waals surface area contributed by atoms with Crippen LogP contribution in [0.5, 0.6) is 0 Å². The predicted molar refractivity (Wildman–Crippen MR) is 339 cm³/mol. The Bertz CT molecular complexity index is 1480. The van der Waals surface area contributed by atoms with Crippen LogP contribution in [0.3, 0.4) is 0 Å². The summed E-state index contributed by atoms with van der Waals surface area (Å²) in [4.78, 5) is 38.4. The fourth-order valence-corrected chi connectivity index (χ4v) is 9.62. The zero-order valence-electron chi connectivity index (χ0n) is 51.7. The van der Waals surface area contributed by atoms with Crippen LogP contribution in [0, 0.1) is 0 Å². The number of ether oxygens (including phenoxy) is 3. The lowest BCUT2D eigenvalue weighted by atomic mass is 10.0. The van der Waals surface area contributed by atoms with Crippen molar-refractivity contribution in [3.05, 3.63) is 85.1 Å². The number of rotatable bonds is 61. The molecule has 0 aromatic heterocycles. The fourth-order valence-electron chi connectivity index (χ4n) is 9.62. The zero-order chi connectivity index (χ0) is 56.4. The second kappa shape index (κ2) is 66.1. The van der Waals surface area contributed by atoms with Crippen molar-refractivity contribution in [3.8, 4) is 0 Å². The van der Waals surface area contributed by atoms with Gasteiger partial charge in [0.05, 0.1) is 0 Å². The third kappa shape index (κ3) is 63.4. The van der Waals surface area contributed by atoms with Crippen molar-refractivity contribution in [1.29, 1.82) is 0 Å². The van der Waals surface area contributed by atoms with Gasteiger partial charge in [-0.25, -0.2) is 0 Å². The number of allylic oxidation sites excluding steroid dienone is 14. The van der Waals surface area contributed by atoms with Crippen LogP contribution in [-0.2, 0) is 28.6 Å². The van der Waals surface area contributed by atoms with Crippen LogP contribution in [0.15, 0.2) is 85.1 Å². The summed E-state index contributed by atoms with van der Waals surface area (Å²) >= 11 is 0. The monoisotopic (exact) mass is 1090 g/mol. The molecule has 1 unspecified atom stereocenters. The van der Waals surface area contributed by atoms with Crippen molar-refractivity contribution >= 4 is 17.9 Å². The lowest BCUT2D eigenvalue weighted by Gasteiger charge is -2.18. The summed E-state index contributed by atoms with van der Waals surface area (Å²) < 4.78 is 17.0. The van der Waals surface area contributed by atoms with Crippen LogP contribution < -0.4 is 0 Å². The molecule has 0 spiro atoms. The first-order valence-electron chi connectivity index (χ1n) is 33.6. The molecule has 78 heavy (non-hydrogen) atoms. The molecule has 0 saturated heterocycles. The standard InChI is InChI=1S/C72H126O6/c1-4-7-10-13-16-19-22-25-28-30-32-34-35-36-37-39-40-42-44-47-50-53-56-59-62-65-71(74)77-68-69(67-76-70(73)64-61-58-55-52-49-46-27-24-21-18-15-12-9-6-3)78-72(75)66-63-60-57-54-51-48-45-43-41-38-33-31-29-26-23-20-17-14-11-8-5-2/h8,11,17,20,22,25-26,29-30,32-33,35-36,38,69H,4-7,9-10,12-16,18-19,21,23-24,27-28,31,34,37,39-68H2,1-3H3/b11-8-,20-17-,25-22-,29-26-,32-30-,36-35-,38-33-. The fraction of sp³-hybridized carbons (Fsp3) is 0.764. The van der Waals surface area contributed by atoms with Crippen LogP contribution in [0.25, 0.3) is 0 Å². The van der Waals surface area contributed by atoms with Crippen molar-refractivity contribution in [1.82, 2.24) is 0 Å². The minimum atomic E-state index is -0.783. The van der Waals surface area contributed by atoms with Crippen LogP contribution in [-0.4, -0.2) is 37.2 Å². The maximum atomic E-state index is 12.9. The van der Waals surface area contributed by atoms with E-state index in [2.05, 4.69) is 106 Å². The average molecular weight is 1090 g/mol. The molecule has 0 bridgehead atoms. The summed E-state index contributed by atoms with van der Waals surface area (Å²) in [6.07, 6.45) is 87.3. The highest BCUT2D eigenvalue weighted by molar-refractivity contribution is 5.71. The molecule has 0 aromatic carbocycles. The van der Waals surface area contributed by atoms with Gasteiger partial charge in [0.15, 0.2) is 6.10 Å². The first kappa shape index (κ1) is 74.6. The van der Waals surface area contributed by atoms with Gasteiger partial charge in [-0.15, -0.1) is 0 Å². The summed E-state index contributed by atoms with van der Waals surface area (Å²) in [7, 11) is 0. The largest absolute Gasteiger partial charge is 0.462 e. The van der Waals surface area contributed by atoms with Gasteiger partial charge in [-0.3, -0.25) is 14.4 Å². The molecule has 0 aliphatic carbocycles. The van der Waals surface area contributed by atoms with Gasteiger partial charge in [-0.05, 0) is 96.3 Å². The predicted octanol–water partition coefficient (Wildman–Crippen LogP) is 23.1. The van der Waals surface area contributed by atoms with Gasteiger partial charge in [-0.1, -0.05) is 305 Å². The third-order valence-corrected chi connectivity index (χ3v) is 14.6. The first-order valence-corrected chi connectivity index (χ1v) is 33.6. The van der Waals surface area contributed by atoms with Gasteiger partial charge in [-0.2, -0.15) is 0 Å². The highest BCUT2D eigenvalue weighted by Gasteiger charge is 2.19. The molecule has 0 aliphatic rings. The van der Waals surface area contributed by atoms with E-state index >= 15 is 0 Å². The minimum absolute atomic E-state index is 0.0779. The Morgan fingerprint density at radius 2 is 0.500 bits per heavy atom. The normalized spacial score (nSPS) is 12.6. The topological polar surface area (TPSA) is 78.9 Å². The van der Waals surface area contributed by atoms with Crippen LogP contribution in [0.1, 0.15) is 335 Å². The van der Waals surface area contributed by atoms with E-state index in [4.69, 9.17) is 14.2 Å². The molecule has 6 heteroatoms. The van der Waals surface area contributed by atoms with Crippen molar-refractivity contribution in [2.45, 2.75) is 341 Å². The molecule has 0 saturated carbocycles. The van der Waals surface area contributed by atoms with Crippen LogP contribution in [0.4, 0.5) is 0 Å². The van der Waals surface area contributed by atoms with Crippen LogP contribution in [0.2, 0.25) is 0 Å². The van der Waals surface area contributed by atoms with Gasteiger partial charge in [0.25, 0.3) is 0 Å². The van der Waals surface area contributed by atoms with Gasteiger partial charge in [0.2, 0.25) is 0 Å². The van der Waals surface area contributed by atoms with Gasteiger partial charge >= 0.3 is 17.9 Å². The molecule has 0 aromatic rings. The maximum absolute atomic E-state index is 12.9. The zero-order valence-corrected chi connectivity index (χ0v) is 51.7. The summed E-state index contributed by atoms with van der Waals surface area (Å²) in [6.45, 7) is 6.55. The number of hydrogen-bond donors (Lipinski definition) is 0.